The molecule has 0 radical (unpaired) electrons. The van der Waals surface area contributed by atoms with Crippen molar-refractivity contribution in [2.75, 3.05) is 4.90 Å². The summed E-state index contributed by atoms with van der Waals surface area (Å²) in [6.45, 7) is 0.336. The van der Waals surface area contributed by atoms with Crippen molar-refractivity contribution in [1.29, 1.82) is 0 Å². The number of hydrogen-bond donors (Lipinski definition) is 1. The van der Waals surface area contributed by atoms with Gasteiger partial charge in [0, 0.05) is 18.4 Å². The molecule has 2 fully saturated rings. The Bertz CT molecular complexity index is 490. The molecule has 1 aromatic rings. The summed E-state index contributed by atoms with van der Waals surface area (Å²) in [4.78, 5) is 26.0. The summed E-state index contributed by atoms with van der Waals surface area (Å²) < 4.78 is 0. The molecule has 1 heterocycles. The number of rotatable bonds is 2. The molecule has 2 unspecified atom stereocenters. The molecule has 1 aromatic carbocycles. The van der Waals surface area contributed by atoms with Crippen LogP contribution in [-0.4, -0.2) is 11.8 Å². The summed E-state index contributed by atoms with van der Waals surface area (Å²) in [5.74, 6) is -0.0404. The second-order valence-electron chi connectivity index (χ2n) is 5.05. The van der Waals surface area contributed by atoms with Crippen molar-refractivity contribution in [1.82, 2.24) is 0 Å². The van der Waals surface area contributed by atoms with Crippen LogP contribution in [0.5, 0.6) is 0 Å². The summed E-state index contributed by atoms with van der Waals surface area (Å²) in [5.41, 5.74) is 7.20. The molecule has 94 valence electrons. The van der Waals surface area contributed by atoms with Gasteiger partial charge in [-0.3, -0.25) is 9.59 Å². The van der Waals surface area contributed by atoms with Gasteiger partial charge in [-0.05, 0) is 30.9 Å². The van der Waals surface area contributed by atoms with Gasteiger partial charge in [0.25, 0.3) is 0 Å². The predicted molar refractivity (Wildman–Crippen MR) is 67.7 cm³/mol. The van der Waals surface area contributed by atoms with Gasteiger partial charge in [-0.25, -0.2) is 4.90 Å². The van der Waals surface area contributed by atoms with Crippen molar-refractivity contribution in [3.63, 3.8) is 0 Å². The third-order valence-electron chi connectivity index (χ3n) is 4.02. The van der Waals surface area contributed by atoms with Gasteiger partial charge in [0.1, 0.15) is 0 Å². The van der Waals surface area contributed by atoms with Gasteiger partial charge in [0.05, 0.1) is 5.69 Å². The molecule has 18 heavy (non-hydrogen) atoms. The predicted octanol–water partition coefficient (Wildman–Crippen LogP) is 1.43. The number of nitrogens with zero attached hydrogens (tertiary/aromatic N) is 1. The van der Waals surface area contributed by atoms with Crippen molar-refractivity contribution >= 4 is 17.5 Å². The monoisotopic (exact) mass is 244 g/mol. The summed E-state index contributed by atoms with van der Waals surface area (Å²) in [6.07, 6.45) is 2.42. The van der Waals surface area contributed by atoms with Crippen LogP contribution in [0.2, 0.25) is 0 Å². The molecule has 2 aliphatic rings. The highest BCUT2D eigenvalue weighted by Crippen LogP contribution is 2.40. The van der Waals surface area contributed by atoms with Crippen LogP contribution in [0.25, 0.3) is 0 Å². The van der Waals surface area contributed by atoms with Crippen molar-refractivity contribution in [3.8, 4) is 0 Å². The van der Waals surface area contributed by atoms with Gasteiger partial charge in [-0.15, -0.1) is 0 Å². The van der Waals surface area contributed by atoms with Crippen molar-refractivity contribution in [2.45, 2.75) is 25.8 Å². The second kappa shape index (κ2) is 4.21. The first kappa shape index (κ1) is 11.4. The zero-order valence-corrected chi connectivity index (χ0v) is 10.1. The van der Waals surface area contributed by atoms with E-state index in [0.29, 0.717) is 12.2 Å². The molecule has 1 saturated heterocycles. The van der Waals surface area contributed by atoms with Crippen molar-refractivity contribution in [3.05, 3.63) is 29.8 Å². The summed E-state index contributed by atoms with van der Waals surface area (Å²) in [6, 6.07) is 7.39. The maximum atomic E-state index is 12.3. The number of hydrogen-bond acceptors (Lipinski definition) is 3. The number of piperidine rings is 1. The Labute approximate surface area is 106 Å². The van der Waals surface area contributed by atoms with E-state index >= 15 is 0 Å². The van der Waals surface area contributed by atoms with E-state index in [-0.39, 0.29) is 23.7 Å². The second-order valence-corrected chi connectivity index (χ2v) is 5.05. The number of para-hydroxylation sites is 1. The van der Waals surface area contributed by atoms with Crippen LogP contribution < -0.4 is 10.6 Å². The lowest BCUT2D eigenvalue weighted by Crippen LogP contribution is -2.46. The Morgan fingerprint density at radius 1 is 1.11 bits per heavy atom. The molecule has 4 heteroatoms. The summed E-state index contributed by atoms with van der Waals surface area (Å²) in [7, 11) is 0. The Morgan fingerprint density at radius 3 is 2.33 bits per heavy atom. The van der Waals surface area contributed by atoms with Gasteiger partial charge in [-0.2, -0.15) is 0 Å². The van der Waals surface area contributed by atoms with E-state index < -0.39 is 0 Å². The van der Waals surface area contributed by atoms with E-state index in [4.69, 9.17) is 5.73 Å². The maximum absolute atomic E-state index is 12.3. The Balaban J connectivity index is 2.05. The van der Waals surface area contributed by atoms with E-state index in [1.165, 1.54) is 4.90 Å². The van der Waals surface area contributed by atoms with Crippen molar-refractivity contribution in [2.24, 2.45) is 17.6 Å². The Kier molecular flexibility index (Phi) is 2.67. The molecule has 4 nitrogen and oxygen atoms in total. The molecule has 1 aliphatic heterocycles. The largest absolute Gasteiger partial charge is 0.326 e. The first-order valence-corrected chi connectivity index (χ1v) is 6.38. The minimum atomic E-state index is -0.0466. The molecule has 0 aromatic heterocycles. The molecule has 0 spiro atoms. The van der Waals surface area contributed by atoms with Gasteiger partial charge >= 0.3 is 0 Å². The number of imide groups is 1. The normalized spacial score (nSPS) is 26.8. The third kappa shape index (κ3) is 1.56. The first-order valence-electron chi connectivity index (χ1n) is 6.38. The topological polar surface area (TPSA) is 63.4 Å². The fraction of sp³-hybridized carbons (Fsp3) is 0.429. The lowest BCUT2D eigenvalue weighted by Gasteiger charge is -2.30. The first-order chi connectivity index (χ1) is 8.72. The molecule has 2 bridgehead atoms. The summed E-state index contributed by atoms with van der Waals surface area (Å²) in [5, 5.41) is 0. The van der Waals surface area contributed by atoms with Crippen LogP contribution in [-0.2, 0) is 16.1 Å². The van der Waals surface area contributed by atoms with Gasteiger partial charge in [-0.1, -0.05) is 18.2 Å². The highest BCUT2D eigenvalue weighted by molar-refractivity contribution is 6.19. The van der Waals surface area contributed by atoms with Gasteiger partial charge in [0.15, 0.2) is 0 Å². The van der Waals surface area contributed by atoms with Gasteiger partial charge in [0.2, 0.25) is 11.8 Å². The zero-order valence-electron chi connectivity index (χ0n) is 10.1. The van der Waals surface area contributed by atoms with E-state index in [0.717, 1.165) is 24.8 Å². The molecular weight excluding hydrogens is 228 g/mol. The Morgan fingerprint density at radius 2 is 1.72 bits per heavy atom. The van der Waals surface area contributed by atoms with E-state index in [1.54, 1.807) is 0 Å². The number of nitrogens with two attached hydrogens (primary N) is 1. The average molecular weight is 244 g/mol. The molecule has 2 N–H and O–H groups in total. The number of carbonyl (C=O) groups excluding carboxylic acids is 2. The number of anilines is 1. The van der Waals surface area contributed by atoms with Crippen LogP contribution in [0.1, 0.15) is 24.8 Å². The molecular formula is C14H16N2O2. The quantitative estimate of drug-likeness (QED) is 0.800. The SMILES string of the molecule is NCc1ccccc1N1C(=O)C2CCC(C2)C1=O. The van der Waals surface area contributed by atoms with Crippen molar-refractivity contribution < 1.29 is 9.59 Å². The van der Waals surface area contributed by atoms with E-state index in [1.807, 2.05) is 24.3 Å². The third-order valence-corrected chi connectivity index (χ3v) is 4.02. The molecule has 2 amide bonds. The fourth-order valence-electron chi connectivity index (χ4n) is 3.04. The molecule has 3 rings (SSSR count). The number of benzene rings is 1. The zero-order chi connectivity index (χ0) is 12.7. The van der Waals surface area contributed by atoms with Crippen LogP contribution in [0.15, 0.2) is 24.3 Å². The smallest absolute Gasteiger partial charge is 0.236 e. The van der Waals surface area contributed by atoms with E-state index in [2.05, 4.69) is 0 Å². The van der Waals surface area contributed by atoms with Crippen LogP contribution in [0.4, 0.5) is 5.69 Å². The minimum Gasteiger partial charge on any atom is -0.326 e. The highest BCUT2D eigenvalue weighted by atomic mass is 16.2. The molecule has 1 saturated carbocycles. The average Bonchev–Trinajstić information content (AvgIpc) is 2.84. The highest BCUT2D eigenvalue weighted by Gasteiger charge is 2.46. The van der Waals surface area contributed by atoms with Crippen LogP contribution in [0, 0.1) is 11.8 Å². The molecule has 2 atom stereocenters. The van der Waals surface area contributed by atoms with Crippen LogP contribution >= 0.6 is 0 Å². The summed E-state index contributed by atoms with van der Waals surface area (Å²) >= 11 is 0. The maximum Gasteiger partial charge on any atom is 0.236 e. The number of fused-ring (bicyclic) bond motifs is 2. The number of carbonyl (C=O) groups is 2. The Hall–Kier alpha value is -1.68. The lowest BCUT2D eigenvalue weighted by molar-refractivity contribution is -0.133. The van der Waals surface area contributed by atoms with E-state index in [9.17, 15) is 9.59 Å². The standard InChI is InChI=1S/C14H16N2O2/c15-8-11-3-1-2-4-12(11)16-13(17)9-5-6-10(7-9)14(16)18/h1-4,9-10H,5-8,15H2. The number of amides is 2. The fourth-order valence-corrected chi connectivity index (χ4v) is 3.04. The minimum absolute atomic E-state index is 0.0264. The lowest BCUT2D eigenvalue weighted by atomic mass is 9.95. The van der Waals surface area contributed by atoms with Gasteiger partial charge < -0.3 is 5.73 Å². The molecule has 1 aliphatic carbocycles. The van der Waals surface area contributed by atoms with Crippen LogP contribution in [0.3, 0.4) is 0 Å².